The standard InChI is InChI=1S/C27H27N3O4S/c1-18-4-10-22(11-5-18)30-26(21-8-12-24(33-3)13-9-21)28-29-27(30)35-17-23(32)16-34-25-14-6-20(7-15-25)19(2)31/h4-15,23,32H,16-17H2,1-3H3. The van der Waals surface area contributed by atoms with Crippen molar-refractivity contribution < 1.29 is 19.4 Å². The second-order valence-corrected chi connectivity index (χ2v) is 9.05. The third-order valence-corrected chi connectivity index (χ3v) is 6.46. The molecule has 1 N–H and O–H groups in total. The number of nitrogens with zero attached hydrogens (tertiary/aromatic N) is 3. The normalized spacial score (nSPS) is 11.8. The van der Waals surface area contributed by atoms with E-state index in [2.05, 4.69) is 10.2 Å². The van der Waals surface area contributed by atoms with Crippen LogP contribution < -0.4 is 9.47 Å². The van der Waals surface area contributed by atoms with Crippen molar-refractivity contribution in [2.75, 3.05) is 19.5 Å². The number of rotatable bonds is 10. The molecule has 0 bridgehead atoms. The molecule has 8 heteroatoms. The second kappa shape index (κ2) is 11.2. The molecule has 0 radical (unpaired) electrons. The van der Waals surface area contributed by atoms with E-state index in [1.165, 1.54) is 18.7 Å². The summed E-state index contributed by atoms with van der Waals surface area (Å²) < 4.78 is 12.9. The monoisotopic (exact) mass is 489 g/mol. The Bertz CT molecular complexity index is 1270. The van der Waals surface area contributed by atoms with Crippen molar-refractivity contribution in [3.05, 3.63) is 83.9 Å². The topological polar surface area (TPSA) is 86.5 Å². The molecule has 0 fully saturated rings. The Kier molecular flexibility index (Phi) is 7.84. The van der Waals surface area contributed by atoms with Crippen LogP contribution in [-0.4, -0.2) is 51.2 Å². The minimum Gasteiger partial charge on any atom is -0.497 e. The fraction of sp³-hybridized carbons (Fsp3) is 0.222. The number of thioether (sulfide) groups is 1. The summed E-state index contributed by atoms with van der Waals surface area (Å²) in [6, 6.07) is 22.7. The van der Waals surface area contributed by atoms with Crippen molar-refractivity contribution >= 4 is 17.5 Å². The zero-order chi connectivity index (χ0) is 24.8. The third-order valence-electron chi connectivity index (χ3n) is 5.38. The van der Waals surface area contributed by atoms with Crippen LogP contribution in [0, 0.1) is 6.92 Å². The maximum Gasteiger partial charge on any atom is 0.196 e. The Hall–Kier alpha value is -3.62. The minimum absolute atomic E-state index is 0.000294. The second-order valence-electron chi connectivity index (χ2n) is 8.06. The fourth-order valence-corrected chi connectivity index (χ4v) is 4.27. The quantitative estimate of drug-likeness (QED) is 0.248. The highest BCUT2D eigenvalue weighted by Crippen LogP contribution is 2.29. The van der Waals surface area contributed by atoms with Crippen LogP contribution in [0.25, 0.3) is 17.1 Å². The van der Waals surface area contributed by atoms with Gasteiger partial charge >= 0.3 is 0 Å². The predicted octanol–water partition coefficient (Wildman–Crippen LogP) is 4.99. The van der Waals surface area contributed by atoms with Crippen LogP contribution in [0.2, 0.25) is 0 Å². The summed E-state index contributed by atoms with van der Waals surface area (Å²) in [6.45, 7) is 3.68. The van der Waals surface area contributed by atoms with Crippen molar-refractivity contribution in [3.8, 4) is 28.6 Å². The van der Waals surface area contributed by atoms with E-state index in [0.717, 1.165) is 22.6 Å². The number of methoxy groups -OCH3 is 1. The Morgan fingerprint density at radius 3 is 2.26 bits per heavy atom. The van der Waals surface area contributed by atoms with Gasteiger partial charge in [0.15, 0.2) is 16.8 Å². The number of ether oxygens (including phenoxy) is 2. The molecular weight excluding hydrogens is 462 g/mol. The van der Waals surface area contributed by atoms with E-state index in [-0.39, 0.29) is 12.4 Å². The third kappa shape index (κ3) is 6.09. The first-order valence-corrected chi connectivity index (χ1v) is 12.1. The average molecular weight is 490 g/mol. The Morgan fingerprint density at radius 2 is 1.63 bits per heavy atom. The molecule has 1 atom stereocenters. The van der Waals surface area contributed by atoms with Crippen molar-refractivity contribution in [1.82, 2.24) is 14.8 Å². The molecule has 35 heavy (non-hydrogen) atoms. The molecule has 0 aliphatic rings. The number of aliphatic hydroxyl groups is 1. The van der Waals surface area contributed by atoms with Crippen LogP contribution in [-0.2, 0) is 0 Å². The highest BCUT2D eigenvalue weighted by Gasteiger charge is 2.18. The lowest BCUT2D eigenvalue weighted by atomic mass is 10.1. The smallest absolute Gasteiger partial charge is 0.196 e. The largest absolute Gasteiger partial charge is 0.497 e. The lowest BCUT2D eigenvalue weighted by molar-refractivity contribution is 0.101. The van der Waals surface area contributed by atoms with Crippen LogP contribution in [0.5, 0.6) is 11.5 Å². The maximum atomic E-state index is 11.4. The van der Waals surface area contributed by atoms with Gasteiger partial charge in [0.1, 0.15) is 18.1 Å². The number of benzene rings is 3. The van der Waals surface area contributed by atoms with Gasteiger partial charge in [0, 0.05) is 22.6 Å². The van der Waals surface area contributed by atoms with Crippen molar-refractivity contribution in [1.29, 1.82) is 0 Å². The van der Waals surface area contributed by atoms with Gasteiger partial charge in [0.05, 0.1) is 13.2 Å². The van der Waals surface area contributed by atoms with Crippen molar-refractivity contribution in [3.63, 3.8) is 0 Å². The number of carbonyl (C=O) groups is 1. The van der Waals surface area contributed by atoms with E-state index < -0.39 is 6.10 Å². The molecular formula is C27H27N3O4S. The number of hydrogen-bond donors (Lipinski definition) is 1. The molecule has 7 nitrogen and oxygen atoms in total. The van der Waals surface area contributed by atoms with Gasteiger partial charge in [-0.3, -0.25) is 9.36 Å². The summed E-state index contributed by atoms with van der Waals surface area (Å²) in [6.07, 6.45) is -0.722. The molecule has 180 valence electrons. The van der Waals surface area contributed by atoms with Gasteiger partial charge in [-0.25, -0.2) is 0 Å². The van der Waals surface area contributed by atoms with Gasteiger partial charge in [-0.2, -0.15) is 0 Å². The number of aliphatic hydroxyl groups excluding tert-OH is 1. The van der Waals surface area contributed by atoms with E-state index in [9.17, 15) is 9.90 Å². The molecule has 0 saturated carbocycles. The number of carbonyl (C=O) groups excluding carboxylic acids is 1. The van der Waals surface area contributed by atoms with Crippen molar-refractivity contribution in [2.45, 2.75) is 25.1 Å². The summed E-state index contributed by atoms with van der Waals surface area (Å²) in [5, 5.41) is 20.1. The Morgan fingerprint density at radius 1 is 0.971 bits per heavy atom. The molecule has 4 aromatic rings. The SMILES string of the molecule is COc1ccc(-c2nnc(SCC(O)COc3ccc(C(C)=O)cc3)n2-c2ccc(C)cc2)cc1. The average Bonchev–Trinajstić information content (AvgIpc) is 3.31. The van der Waals surface area contributed by atoms with E-state index in [1.807, 2.05) is 60.0 Å². The first-order chi connectivity index (χ1) is 16.9. The van der Waals surface area contributed by atoms with Gasteiger partial charge in [0.2, 0.25) is 0 Å². The first-order valence-electron chi connectivity index (χ1n) is 11.2. The zero-order valence-electron chi connectivity index (χ0n) is 19.8. The van der Waals surface area contributed by atoms with Crippen molar-refractivity contribution in [2.24, 2.45) is 0 Å². The van der Waals surface area contributed by atoms with Gasteiger partial charge in [-0.15, -0.1) is 10.2 Å². The summed E-state index contributed by atoms with van der Waals surface area (Å²) >= 11 is 1.41. The lowest BCUT2D eigenvalue weighted by Gasteiger charge is -2.14. The number of hydrogen-bond acceptors (Lipinski definition) is 7. The van der Waals surface area contributed by atoms with E-state index in [0.29, 0.717) is 28.0 Å². The fourth-order valence-electron chi connectivity index (χ4n) is 3.41. The van der Waals surface area contributed by atoms with E-state index in [4.69, 9.17) is 9.47 Å². The minimum atomic E-state index is -0.722. The lowest BCUT2D eigenvalue weighted by Crippen LogP contribution is -2.20. The number of ketones is 1. The zero-order valence-corrected chi connectivity index (χ0v) is 20.7. The summed E-state index contributed by atoms with van der Waals surface area (Å²) in [4.78, 5) is 11.4. The van der Waals surface area contributed by atoms with Crippen LogP contribution in [0.4, 0.5) is 0 Å². The van der Waals surface area contributed by atoms with E-state index >= 15 is 0 Å². The highest BCUT2D eigenvalue weighted by atomic mass is 32.2. The van der Waals surface area contributed by atoms with Crippen LogP contribution >= 0.6 is 11.8 Å². The molecule has 0 saturated heterocycles. The number of aryl methyl sites for hydroxylation is 1. The predicted molar refractivity (Wildman–Crippen MR) is 137 cm³/mol. The molecule has 0 spiro atoms. The highest BCUT2D eigenvalue weighted by molar-refractivity contribution is 7.99. The summed E-state index contributed by atoms with van der Waals surface area (Å²) in [5.74, 6) is 2.44. The molecule has 4 rings (SSSR count). The maximum absolute atomic E-state index is 11.4. The molecule has 0 amide bonds. The van der Waals surface area contributed by atoms with Gasteiger partial charge in [-0.05, 0) is 74.5 Å². The molecule has 1 heterocycles. The van der Waals surface area contributed by atoms with Crippen LogP contribution in [0.3, 0.4) is 0 Å². The summed E-state index contributed by atoms with van der Waals surface area (Å²) in [5.41, 5.74) is 3.62. The first kappa shape index (κ1) is 24.5. The summed E-state index contributed by atoms with van der Waals surface area (Å²) in [7, 11) is 1.63. The van der Waals surface area contributed by atoms with Gasteiger partial charge in [0.25, 0.3) is 0 Å². The van der Waals surface area contributed by atoms with Gasteiger partial charge < -0.3 is 14.6 Å². The van der Waals surface area contributed by atoms with Crippen LogP contribution in [0.15, 0.2) is 78.0 Å². The number of aromatic nitrogens is 3. The van der Waals surface area contributed by atoms with E-state index in [1.54, 1.807) is 31.4 Å². The molecule has 1 aromatic heterocycles. The molecule has 3 aromatic carbocycles. The molecule has 1 unspecified atom stereocenters. The Labute approximate surface area is 208 Å². The number of Topliss-reactive ketones (excluding diaryl/α,β-unsaturated/α-hetero) is 1. The molecule has 0 aliphatic heterocycles. The molecule has 0 aliphatic carbocycles. The van der Waals surface area contributed by atoms with Crippen LogP contribution in [0.1, 0.15) is 22.8 Å². The Balaban J connectivity index is 1.48. The van der Waals surface area contributed by atoms with Gasteiger partial charge in [-0.1, -0.05) is 29.5 Å².